The van der Waals surface area contributed by atoms with Crippen molar-refractivity contribution < 1.29 is 14.7 Å². The topological polar surface area (TPSA) is 73.4 Å². The van der Waals surface area contributed by atoms with E-state index in [0.717, 1.165) is 16.5 Å². The highest BCUT2D eigenvalue weighted by Crippen LogP contribution is 2.26. The third-order valence-electron chi connectivity index (χ3n) is 4.92. The normalized spacial score (nSPS) is 21.0. The number of fused-ring (bicyclic) bond motifs is 1. The van der Waals surface area contributed by atoms with Crippen LogP contribution in [0.4, 0.5) is 0 Å². The van der Waals surface area contributed by atoms with Gasteiger partial charge in [-0.25, -0.2) is 0 Å². The Balaban J connectivity index is 1.67. The molecule has 2 atom stereocenters. The number of hydrogen-bond acceptors (Lipinski definition) is 2. The van der Waals surface area contributed by atoms with Crippen LogP contribution in [0.5, 0.6) is 0 Å². The number of H-pyrrole nitrogens is 1. The lowest BCUT2D eigenvalue weighted by Gasteiger charge is -2.23. The minimum absolute atomic E-state index is 0.0447. The van der Waals surface area contributed by atoms with E-state index < -0.39 is 11.9 Å². The van der Waals surface area contributed by atoms with Crippen LogP contribution in [0.25, 0.3) is 10.9 Å². The summed E-state index contributed by atoms with van der Waals surface area (Å²) in [6.07, 6.45) is 3.60. The molecule has 1 aromatic carbocycles. The molecule has 5 nitrogen and oxygen atoms in total. The van der Waals surface area contributed by atoms with Crippen molar-refractivity contribution in [3.05, 3.63) is 35.5 Å². The molecular formula is C18H22N2O3. The van der Waals surface area contributed by atoms with Crippen molar-refractivity contribution in [3.8, 4) is 0 Å². The number of benzene rings is 1. The second kappa shape index (κ2) is 6.07. The van der Waals surface area contributed by atoms with Crippen LogP contribution in [0.15, 0.2) is 24.4 Å². The van der Waals surface area contributed by atoms with Crippen molar-refractivity contribution in [1.82, 2.24) is 9.88 Å². The highest BCUT2D eigenvalue weighted by atomic mass is 16.4. The van der Waals surface area contributed by atoms with Gasteiger partial charge < -0.3 is 15.0 Å². The zero-order valence-corrected chi connectivity index (χ0v) is 13.5. The Morgan fingerprint density at radius 3 is 2.87 bits per heavy atom. The van der Waals surface area contributed by atoms with E-state index in [-0.39, 0.29) is 11.9 Å². The van der Waals surface area contributed by atoms with Crippen molar-refractivity contribution in [3.63, 3.8) is 0 Å². The quantitative estimate of drug-likeness (QED) is 0.911. The van der Waals surface area contributed by atoms with Crippen LogP contribution in [-0.2, 0) is 16.0 Å². The molecule has 3 rings (SSSR count). The monoisotopic (exact) mass is 314 g/mol. The number of aryl methyl sites for hydroxylation is 2. The lowest BCUT2D eigenvalue weighted by Crippen LogP contribution is -2.37. The smallest absolute Gasteiger partial charge is 0.308 e. The van der Waals surface area contributed by atoms with Crippen LogP contribution >= 0.6 is 0 Å². The molecule has 1 amide bonds. The predicted molar refractivity (Wildman–Crippen MR) is 88.3 cm³/mol. The Bertz CT molecular complexity index is 750. The van der Waals surface area contributed by atoms with E-state index >= 15 is 0 Å². The first kappa shape index (κ1) is 15.6. The molecule has 2 heterocycles. The van der Waals surface area contributed by atoms with Gasteiger partial charge in [0.25, 0.3) is 0 Å². The van der Waals surface area contributed by atoms with Gasteiger partial charge in [0.15, 0.2) is 0 Å². The number of carboxylic acid groups (broad SMARTS) is 1. The summed E-state index contributed by atoms with van der Waals surface area (Å²) in [5.41, 5.74) is 3.42. The predicted octanol–water partition coefficient (Wildman–Crippen LogP) is 2.73. The van der Waals surface area contributed by atoms with Crippen molar-refractivity contribution in [1.29, 1.82) is 0 Å². The van der Waals surface area contributed by atoms with E-state index in [1.54, 1.807) is 4.90 Å². The first-order valence-corrected chi connectivity index (χ1v) is 8.06. The number of nitrogens with zero attached hydrogens (tertiary/aromatic N) is 1. The maximum absolute atomic E-state index is 12.4. The SMILES string of the molecule is Cc1ccc2[nH]cc(CCC(=O)N3CCC(C(=O)O)C3C)c2c1. The van der Waals surface area contributed by atoms with E-state index in [4.69, 9.17) is 5.11 Å². The molecule has 2 N–H and O–H groups in total. The second-order valence-corrected chi connectivity index (χ2v) is 6.42. The van der Waals surface area contributed by atoms with Gasteiger partial charge in [-0.2, -0.15) is 0 Å². The van der Waals surface area contributed by atoms with Crippen molar-refractivity contribution in [2.75, 3.05) is 6.54 Å². The maximum atomic E-state index is 12.4. The average molecular weight is 314 g/mol. The van der Waals surface area contributed by atoms with Gasteiger partial charge in [0.1, 0.15) is 0 Å². The van der Waals surface area contributed by atoms with Gasteiger partial charge in [-0.05, 0) is 44.4 Å². The van der Waals surface area contributed by atoms with Gasteiger partial charge >= 0.3 is 5.97 Å². The van der Waals surface area contributed by atoms with E-state index in [1.807, 2.05) is 13.1 Å². The number of nitrogens with one attached hydrogen (secondary N) is 1. The first-order chi connectivity index (χ1) is 11.0. The minimum atomic E-state index is -0.806. The second-order valence-electron chi connectivity index (χ2n) is 6.42. The zero-order chi connectivity index (χ0) is 16.6. The summed E-state index contributed by atoms with van der Waals surface area (Å²) in [6, 6.07) is 6.02. The van der Waals surface area contributed by atoms with Gasteiger partial charge in [0, 0.05) is 36.1 Å². The van der Waals surface area contributed by atoms with Gasteiger partial charge in [-0.3, -0.25) is 9.59 Å². The Morgan fingerprint density at radius 1 is 1.39 bits per heavy atom. The summed E-state index contributed by atoms with van der Waals surface area (Å²) in [7, 11) is 0. The van der Waals surface area contributed by atoms with E-state index in [1.165, 1.54) is 5.56 Å². The molecule has 2 unspecified atom stereocenters. The molecule has 1 fully saturated rings. The van der Waals surface area contributed by atoms with E-state index in [2.05, 4.69) is 30.1 Å². The molecule has 1 aliphatic heterocycles. The number of aromatic amines is 1. The number of likely N-dealkylation sites (tertiary alicyclic amines) is 1. The Hall–Kier alpha value is -2.30. The minimum Gasteiger partial charge on any atom is -0.481 e. The number of amides is 1. The number of carbonyl (C=O) groups is 2. The summed E-state index contributed by atoms with van der Waals surface area (Å²) in [6.45, 7) is 4.43. The molecule has 0 spiro atoms. The molecule has 1 saturated heterocycles. The molecule has 2 aromatic rings. The molecular weight excluding hydrogens is 292 g/mol. The molecule has 1 aromatic heterocycles. The van der Waals surface area contributed by atoms with Crippen LogP contribution in [0, 0.1) is 12.8 Å². The summed E-state index contributed by atoms with van der Waals surface area (Å²) >= 11 is 0. The van der Waals surface area contributed by atoms with Crippen molar-refractivity contribution >= 4 is 22.8 Å². The molecule has 0 aliphatic carbocycles. The number of carboxylic acids is 1. The molecule has 122 valence electrons. The molecule has 1 aliphatic rings. The third kappa shape index (κ3) is 2.96. The number of aromatic nitrogens is 1. The molecule has 0 bridgehead atoms. The van der Waals surface area contributed by atoms with Crippen LogP contribution < -0.4 is 0 Å². The Morgan fingerprint density at radius 2 is 2.17 bits per heavy atom. The largest absolute Gasteiger partial charge is 0.481 e. The molecule has 5 heteroatoms. The van der Waals surface area contributed by atoms with Gasteiger partial charge in [-0.1, -0.05) is 11.6 Å². The van der Waals surface area contributed by atoms with E-state index in [0.29, 0.717) is 25.8 Å². The number of hydrogen-bond donors (Lipinski definition) is 2. The van der Waals surface area contributed by atoms with Crippen molar-refractivity contribution in [2.45, 2.75) is 39.2 Å². The van der Waals surface area contributed by atoms with Crippen LogP contribution in [0.1, 0.15) is 30.9 Å². The maximum Gasteiger partial charge on any atom is 0.308 e. The molecule has 0 radical (unpaired) electrons. The molecule has 0 saturated carbocycles. The van der Waals surface area contributed by atoms with Gasteiger partial charge in [0.2, 0.25) is 5.91 Å². The van der Waals surface area contributed by atoms with Crippen LogP contribution in [0.2, 0.25) is 0 Å². The van der Waals surface area contributed by atoms with Gasteiger partial charge in [0.05, 0.1) is 5.92 Å². The van der Waals surface area contributed by atoms with Crippen LogP contribution in [-0.4, -0.2) is 39.5 Å². The van der Waals surface area contributed by atoms with Crippen molar-refractivity contribution in [2.24, 2.45) is 5.92 Å². The fourth-order valence-corrected chi connectivity index (χ4v) is 3.51. The lowest BCUT2D eigenvalue weighted by atomic mass is 10.0. The average Bonchev–Trinajstić information content (AvgIpc) is 3.08. The fourth-order valence-electron chi connectivity index (χ4n) is 3.51. The van der Waals surface area contributed by atoms with Gasteiger partial charge in [-0.15, -0.1) is 0 Å². The van der Waals surface area contributed by atoms with E-state index in [9.17, 15) is 9.59 Å². The number of aliphatic carboxylic acids is 1. The summed E-state index contributed by atoms with van der Waals surface area (Å²) in [5.74, 6) is -1.20. The molecule has 23 heavy (non-hydrogen) atoms. The van der Waals surface area contributed by atoms with Crippen LogP contribution in [0.3, 0.4) is 0 Å². The summed E-state index contributed by atoms with van der Waals surface area (Å²) < 4.78 is 0. The summed E-state index contributed by atoms with van der Waals surface area (Å²) in [4.78, 5) is 28.6. The summed E-state index contributed by atoms with van der Waals surface area (Å²) in [5, 5.41) is 10.3. The number of rotatable bonds is 4. The standard InChI is InChI=1S/C18H22N2O3/c1-11-3-5-16-15(9-11)13(10-19-16)4-6-17(21)20-8-7-14(12(20)2)18(22)23/h3,5,9-10,12,14,19H,4,6-8H2,1-2H3,(H,22,23). The Labute approximate surface area is 135 Å². The number of carbonyl (C=O) groups excluding carboxylic acids is 1. The highest BCUT2D eigenvalue weighted by molar-refractivity contribution is 5.85. The lowest BCUT2D eigenvalue weighted by molar-refractivity contribution is -0.143. The fraction of sp³-hybridized carbons (Fsp3) is 0.444. The highest BCUT2D eigenvalue weighted by Gasteiger charge is 2.37. The Kier molecular flexibility index (Phi) is 4.11. The zero-order valence-electron chi connectivity index (χ0n) is 13.5. The third-order valence-corrected chi connectivity index (χ3v) is 4.92. The first-order valence-electron chi connectivity index (χ1n) is 8.06.